The van der Waals surface area contributed by atoms with Crippen LogP contribution in [0.25, 0.3) is 0 Å². The van der Waals surface area contributed by atoms with Crippen LogP contribution in [-0.2, 0) is 4.79 Å². The summed E-state index contributed by atoms with van der Waals surface area (Å²) in [6, 6.07) is 3.79. The largest absolute Gasteiger partial charge is 0.376 e. The molecule has 1 amide bonds. The van der Waals surface area contributed by atoms with E-state index >= 15 is 0 Å². The molecule has 0 saturated carbocycles. The zero-order chi connectivity index (χ0) is 12.3. The molecule has 5 heteroatoms. The zero-order valence-electron chi connectivity index (χ0n) is 9.55. The number of hydrogen-bond donors (Lipinski definition) is 3. The minimum Gasteiger partial charge on any atom is -0.376 e. The Morgan fingerprint density at radius 3 is 2.44 bits per heavy atom. The summed E-state index contributed by atoms with van der Waals surface area (Å²) in [5, 5.41) is 5.87. The standard InChI is InChI=1S/C11H15N3OS/c1-6-4-5-9(14-11(12)16)7(2)10(6)13-8(3)15/h4-5H,1-3H3,(H,13,15)(H3,12,14,16). The minimum atomic E-state index is -0.0984. The lowest BCUT2D eigenvalue weighted by atomic mass is 10.1. The highest BCUT2D eigenvalue weighted by atomic mass is 32.1. The minimum absolute atomic E-state index is 0.0984. The molecule has 86 valence electrons. The number of amides is 1. The van der Waals surface area contributed by atoms with Crippen molar-refractivity contribution in [1.82, 2.24) is 0 Å². The van der Waals surface area contributed by atoms with Gasteiger partial charge in [0.1, 0.15) is 0 Å². The Morgan fingerprint density at radius 1 is 1.31 bits per heavy atom. The summed E-state index contributed by atoms with van der Waals surface area (Å²) in [5.41, 5.74) is 8.94. The highest BCUT2D eigenvalue weighted by molar-refractivity contribution is 7.80. The van der Waals surface area contributed by atoms with Crippen LogP contribution in [0.3, 0.4) is 0 Å². The summed E-state index contributed by atoms with van der Waals surface area (Å²) in [6.07, 6.45) is 0. The van der Waals surface area contributed by atoms with Crippen LogP contribution in [-0.4, -0.2) is 11.0 Å². The van der Waals surface area contributed by atoms with E-state index in [0.29, 0.717) is 0 Å². The lowest BCUT2D eigenvalue weighted by molar-refractivity contribution is -0.114. The summed E-state index contributed by atoms with van der Waals surface area (Å²) in [7, 11) is 0. The third-order valence-corrected chi connectivity index (χ3v) is 2.33. The van der Waals surface area contributed by atoms with Crippen molar-refractivity contribution in [1.29, 1.82) is 0 Å². The van der Waals surface area contributed by atoms with E-state index in [1.54, 1.807) is 0 Å². The van der Waals surface area contributed by atoms with Crippen LogP contribution in [0.4, 0.5) is 11.4 Å². The molecule has 0 unspecified atom stereocenters. The number of thiocarbonyl (C=S) groups is 1. The molecule has 0 aromatic heterocycles. The molecular weight excluding hydrogens is 222 g/mol. The fourth-order valence-electron chi connectivity index (χ4n) is 1.48. The van der Waals surface area contributed by atoms with Crippen molar-refractivity contribution >= 4 is 34.6 Å². The van der Waals surface area contributed by atoms with Gasteiger partial charge in [0.05, 0.1) is 0 Å². The molecule has 0 atom stereocenters. The lowest BCUT2D eigenvalue weighted by Gasteiger charge is -2.15. The lowest BCUT2D eigenvalue weighted by Crippen LogP contribution is -2.20. The van der Waals surface area contributed by atoms with Crippen LogP contribution in [0, 0.1) is 13.8 Å². The monoisotopic (exact) mass is 237 g/mol. The molecule has 16 heavy (non-hydrogen) atoms. The fourth-order valence-corrected chi connectivity index (χ4v) is 1.59. The third-order valence-electron chi connectivity index (χ3n) is 2.23. The van der Waals surface area contributed by atoms with E-state index in [9.17, 15) is 4.79 Å². The van der Waals surface area contributed by atoms with Gasteiger partial charge in [-0.15, -0.1) is 0 Å². The predicted octanol–water partition coefficient (Wildman–Crippen LogP) is 1.92. The smallest absolute Gasteiger partial charge is 0.221 e. The van der Waals surface area contributed by atoms with Crippen molar-refractivity contribution in [2.75, 3.05) is 10.6 Å². The second-order valence-electron chi connectivity index (χ2n) is 3.60. The first-order chi connectivity index (χ1) is 7.41. The highest BCUT2D eigenvalue weighted by Crippen LogP contribution is 2.27. The molecular formula is C11H15N3OS. The Morgan fingerprint density at radius 2 is 1.94 bits per heavy atom. The first kappa shape index (κ1) is 12.4. The van der Waals surface area contributed by atoms with E-state index in [-0.39, 0.29) is 11.0 Å². The summed E-state index contributed by atoms with van der Waals surface area (Å²) in [4.78, 5) is 11.1. The summed E-state index contributed by atoms with van der Waals surface area (Å²) < 4.78 is 0. The summed E-state index contributed by atoms with van der Waals surface area (Å²) in [5.74, 6) is -0.0984. The molecule has 4 N–H and O–H groups in total. The molecule has 0 saturated heterocycles. The Bertz CT molecular complexity index is 443. The molecule has 4 nitrogen and oxygen atoms in total. The average Bonchev–Trinajstić information content (AvgIpc) is 2.16. The molecule has 0 aliphatic carbocycles. The number of hydrogen-bond acceptors (Lipinski definition) is 2. The van der Waals surface area contributed by atoms with E-state index in [1.807, 2.05) is 26.0 Å². The Labute approximate surface area is 100 Å². The van der Waals surface area contributed by atoms with Crippen molar-refractivity contribution in [2.24, 2.45) is 5.73 Å². The van der Waals surface area contributed by atoms with Crippen molar-refractivity contribution in [3.63, 3.8) is 0 Å². The first-order valence-corrected chi connectivity index (χ1v) is 5.27. The van der Waals surface area contributed by atoms with E-state index < -0.39 is 0 Å². The summed E-state index contributed by atoms with van der Waals surface area (Å²) >= 11 is 4.78. The van der Waals surface area contributed by atoms with Crippen LogP contribution in [0.1, 0.15) is 18.1 Å². The van der Waals surface area contributed by atoms with Gasteiger partial charge in [0.15, 0.2) is 5.11 Å². The number of anilines is 2. The van der Waals surface area contributed by atoms with Crippen LogP contribution in [0.5, 0.6) is 0 Å². The van der Waals surface area contributed by atoms with Gasteiger partial charge in [-0.3, -0.25) is 4.79 Å². The van der Waals surface area contributed by atoms with Crippen molar-refractivity contribution < 1.29 is 4.79 Å². The van der Waals surface area contributed by atoms with Gasteiger partial charge < -0.3 is 16.4 Å². The Kier molecular flexibility index (Phi) is 3.84. The number of carbonyl (C=O) groups is 1. The fraction of sp³-hybridized carbons (Fsp3) is 0.273. The average molecular weight is 237 g/mol. The van der Waals surface area contributed by atoms with Gasteiger partial charge in [-0.2, -0.15) is 0 Å². The van der Waals surface area contributed by atoms with Gasteiger partial charge in [-0.25, -0.2) is 0 Å². The number of rotatable bonds is 2. The molecule has 1 aromatic rings. The molecule has 0 radical (unpaired) electrons. The Hall–Kier alpha value is -1.62. The molecule has 0 heterocycles. The maximum atomic E-state index is 11.1. The SMILES string of the molecule is CC(=O)Nc1c(C)ccc(NC(N)=S)c1C. The predicted molar refractivity (Wildman–Crippen MR) is 70.6 cm³/mol. The second-order valence-corrected chi connectivity index (χ2v) is 4.04. The van der Waals surface area contributed by atoms with Crippen LogP contribution in [0.15, 0.2) is 12.1 Å². The number of carbonyl (C=O) groups excluding carboxylic acids is 1. The quantitative estimate of drug-likeness (QED) is 0.687. The molecule has 0 spiro atoms. The van der Waals surface area contributed by atoms with E-state index in [1.165, 1.54) is 6.92 Å². The van der Waals surface area contributed by atoms with Crippen LogP contribution >= 0.6 is 12.2 Å². The van der Waals surface area contributed by atoms with Crippen molar-refractivity contribution in [2.45, 2.75) is 20.8 Å². The molecule has 0 aliphatic heterocycles. The second kappa shape index (κ2) is 4.94. The normalized spacial score (nSPS) is 9.69. The molecule has 0 fully saturated rings. The van der Waals surface area contributed by atoms with Gasteiger partial charge >= 0.3 is 0 Å². The first-order valence-electron chi connectivity index (χ1n) is 4.86. The van der Waals surface area contributed by atoms with Gasteiger partial charge in [-0.1, -0.05) is 6.07 Å². The molecule has 0 aliphatic rings. The summed E-state index contributed by atoms with van der Waals surface area (Å²) in [6.45, 7) is 5.31. The van der Waals surface area contributed by atoms with Crippen molar-refractivity contribution in [3.8, 4) is 0 Å². The maximum absolute atomic E-state index is 11.1. The zero-order valence-corrected chi connectivity index (χ0v) is 10.4. The van der Waals surface area contributed by atoms with Gasteiger partial charge in [0.2, 0.25) is 5.91 Å². The highest BCUT2D eigenvalue weighted by Gasteiger charge is 2.08. The maximum Gasteiger partial charge on any atom is 0.221 e. The molecule has 0 bridgehead atoms. The van der Waals surface area contributed by atoms with Crippen LogP contribution in [0.2, 0.25) is 0 Å². The number of nitrogens with two attached hydrogens (primary N) is 1. The number of nitrogens with one attached hydrogen (secondary N) is 2. The van der Waals surface area contributed by atoms with Gasteiger partial charge in [0, 0.05) is 18.3 Å². The van der Waals surface area contributed by atoms with Gasteiger partial charge in [-0.05, 0) is 43.3 Å². The van der Waals surface area contributed by atoms with Crippen LogP contribution < -0.4 is 16.4 Å². The van der Waals surface area contributed by atoms with Crippen molar-refractivity contribution in [3.05, 3.63) is 23.3 Å². The molecule has 1 aromatic carbocycles. The Balaban J connectivity index is 3.15. The van der Waals surface area contributed by atoms with E-state index in [4.69, 9.17) is 18.0 Å². The number of aryl methyl sites for hydroxylation is 1. The van der Waals surface area contributed by atoms with E-state index in [2.05, 4.69) is 10.6 Å². The molecule has 1 rings (SSSR count). The topological polar surface area (TPSA) is 67.2 Å². The van der Waals surface area contributed by atoms with Gasteiger partial charge in [0.25, 0.3) is 0 Å². The van der Waals surface area contributed by atoms with E-state index in [0.717, 1.165) is 22.5 Å². The number of benzene rings is 1. The third kappa shape index (κ3) is 2.93.